The fraction of sp³-hybridized carbons (Fsp3) is 0.308. The second-order valence-corrected chi connectivity index (χ2v) is 8.44. The first-order chi connectivity index (χ1) is 17.2. The van der Waals surface area contributed by atoms with Crippen LogP contribution in [-0.4, -0.2) is 24.4 Å². The lowest BCUT2D eigenvalue weighted by Gasteiger charge is -2.25. The van der Waals surface area contributed by atoms with E-state index in [2.05, 4.69) is 0 Å². The molecule has 0 fully saturated rings. The molecule has 4 aromatic rings. The van der Waals surface area contributed by atoms with Gasteiger partial charge in [0.2, 0.25) is 0 Å². The second-order valence-electron chi connectivity index (χ2n) is 8.44. The molecule has 2 aromatic carbocycles. The van der Waals surface area contributed by atoms with Crippen LogP contribution in [0, 0.1) is 11.6 Å². The minimum atomic E-state index is -1.36. The number of halogens is 2. The topological polar surface area (TPSA) is 131 Å². The molecule has 2 aromatic heterocycles. The molecule has 0 aliphatic carbocycles. The Balaban J connectivity index is 1.47. The van der Waals surface area contributed by atoms with E-state index in [1.165, 1.54) is 36.8 Å². The van der Waals surface area contributed by atoms with Gasteiger partial charge >= 0.3 is 11.9 Å². The predicted molar refractivity (Wildman–Crippen MR) is 127 cm³/mol. The number of fused-ring (bicyclic) bond motifs is 2. The number of carbonyl (C=O) groups excluding carboxylic acids is 2. The Bertz CT molecular complexity index is 1290. The lowest BCUT2D eigenvalue weighted by Crippen LogP contribution is -2.40. The Hall–Kier alpha value is -3.76. The number of nitrogens with two attached hydrogens (primary N) is 2. The molecule has 8 nitrogen and oxygen atoms in total. The van der Waals surface area contributed by atoms with Gasteiger partial charge < -0.3 is 18.3 Å². The van der Waals surface area contributed by atoms with Crippen molar-refractivity contribution in [1.82, 2.24) is 0 Å². The van der Waals surface area contributed by atoms with E-state index in [0.717, 1.165) is 0 Å². The first-order valence-electron chi connectivity index (χ1n) is 11.5. The first-order valence-corrected chi connectivity index (χ1v) is 11.5. The molecule has 4 N–H and O–H groups in total. The van der Waals surface area contributed by atoms with Crippen LogP contribution < -0.4 is 11.5 Å². The van der Waals surface area contributed by atoms with Crippen LogP contribution in [0.2, 0.25) is 0 Å². The summed E-state index contributed by atoms with van der Waals surface area (Å²) in [6, 6.07) is 8.33. The molecule has 0 aliphatic rings. The van der Waals surface area contributed by atoms with Crippen LogP contribution in [0.25, 0.3) is 21.9 Å². The summed E-state index contributed by atoms with van der Waals surface area (Å²) in [5.41, 5.74) is 13.8. The fourth-order valence-corrected chi connectivity index (χ4v) is 4.46. The smallest absolute Gasteiger partial charge is 0.419 e. The van der Waals surface area contributed by atoms with E-state index < -0.39 is 47.9 Å². The van der Waals surface area contributed by atoms with Crippen molar-refractivity contribution in [3.63, 3.8) is 0 Å². The molecule has 10 heteroatoms. The van der Waals surface area contributed by atoms with Crippen LogP contribution in [0.15, 0.2) is 57.8 Å². The van der Waals surface area contributed by atoms with Gasteiger partial charge in [0.1, 0.15) is 22.8 Å². The van der Waals surface area contributed by atoms with Gasteiger partial charge in [-0.2, -0.15) is 0 Å². The van der Waals surface area contributed by atoms with Gasteiger partial charge in [0, 0.05) is 33.7 Å². The van der Waals surface area contributed by atoms with Gasteiger partial charge in [0.15, 0.2) is 12.5 Å². The summed E-state index contributed by atoms with van der Waals surface area (Å²) in [6.07, 6.45) is 0.951. The number of furan rings is 2. The quantitative estimate of drug-likeness (QED) is 0.200. The molecule has 2 heterocycles. The van der Waals surface area contributed by atoms with E-state index in [1.807, 2.05) is 0 Å². The summed E-state index contributed by atoms with van der Waals surface area (Å²) in [6.45, 7) is 3.54. The zero-order valence-electron chi connectivity index (χ0n) is 19.7. The standard InChI is InChI=1S/C26H26F2N2O6/c1-3-17(19-11-15(27)9-13-5-7-33-21(13)19)23(29)35-25(31)26(32)36-24(30)18(4-2)20-12-16(28)10-14-6-8-34-22(14)20/h5-12,17-18,23-24H,3-4,29-30H2,1-2H3. The Morgan fingerprint density at radius 3 is 1.53 bits per heavy atom. The zero-order chi connectivity index (χ0) is 26.0. The lowest BCUT2D eigenvalue weighted by molar-refractivity contribution is -0.175. The van der Waals surface area contributed by atoms with Crippen LogP contribution in [0.5, 0.6) is 0 Å². The van der Waals surface area contributed by atoms with Crippen LogP contribution in [-0.2, 0) is 19.1 Å². The van der Waals surface area contributed by atoms with Gasteiger partial charge in [0.25, 0.3) is 0 Å². The van der Waals surface area contributed by atoms with Crippen molar-refractivity contribution >= 4 is 33.9 Å². The highest BCUT2D eigenvalue weighted by Crippen LogP contribution is 2.33. The summed E-state index contributed by atoms with van der Waals surface area (Å²) in [5.74, 6) is -5.06. The van der Waals surface area contributed by atoms with Gasteiger partial charge in [-0.05, 0) is 49.2 Å². The zero-order valence-corrected chi connectivity index (χ0v) is 19.7. The maximum Gasteiger partial charge on any atom is 0.419 e. The molecular weight excluding hydrogens is 474 g/mol. The van der Waals surface area contributed by atoms with Gasteiger partial charge in [-0.1, -0.05) is 13.8 Å². The van der Waals surface area contributed by atoms with E-state index >= 15 is 0 Å². The number of benzene rings is 2. The van der Waals surface area contributed by atoms with E-state index in [1.54, 1.807) is 26.0 Å². The average Bonchev–Trinajstić information content (AvgIpc) is 3.49. The van der Waals surface area contributed by atoms with Gasteiger partial charge in [0.05, 0.1) is 12.5 Å². The van der Waals surface area contributed by atoms with Gasteiger partial charge in [-0.25, -0.2) is 18.4 Å². The third-order valence-electron chi connectivity index (χ3n) is 6.21. The maximum atomic E-state index is 14.1. The number of carbonyl (C=O) groups is 2. The molecule has 0 spiro atoms. The van der Waals surface area contributed by atoms with E-state index in [0.29, 0.717) is 45.9 Å². The number of ether oxygens (including phenoxy) is 2. The molecule has 0 aliphatic heterocycles. The summed E-state index contributed by atoms with van der Waals surface area (Å²) in [4.78, 5) is 25.0. The number of esters is 2. The van der Waals surface area contributed by atoms with Crippen molar-refractivity contribution in [2.24, 2.45) is 11.5 Å². The molecular formula is C26H26F2N2O6. The summed E-state index contributed by atoms with van der Waals surface area (Å²) in [7, 11) is 0. The lowest BCUT2D eigenvalue weighted by atomic mass is 9.93. The first kappa shape index (κ1) is 25.3. The molecule has 4 rings (SSSR count). The van der Waals surface area contributed by atoms with Crippen molar-refractivity contribution in [2.75, 3.05) is 0 Å². The monoisotopic (exact) mass is 500 g/mol. The Morgan fingerprint density at radius 2 is 1.17 bits per heavy atom. The highest BCUT2D eigenvalue weighted by atomic mass is 19.1. The number of hydrogen-bond acceptors (Lipinski definition) is 8. The van der Waals surface area contributed by atoms with E-state index in [9.17, 15) is 18.4 Å². The normalized spacial score (nSPS) is 14.9. The molecule has 0 bridgehead atoms. The molecule has 190 valence electrons. The summed E-state index contributed by atoms with van der Waals surface area (Å²) < 4.78 is 49.4. The SMILES string of the molecule is CCC(c1cc(F)cc2ccoc12)C(N)OC(=O)C(=O)OC(N)C(CC)c1cc(F)cc2ccoc12. The highest BCUT2D eigenvalue weighted by molar-refractivity contribution is 6.29. The Kier molecular flexibility index (Phi) is 7.37. The Labute approximate surface area is 205 Å². The molecule has 0 radical (unpaired) electrons. The highest BCUT2D eigenvalue weighted by Gasteiger charge is 2.32. The van der Waals surface area contributed by atoms with Crippen LogP contribution >= 0.6 is 0 Å². The molecule has 0 saturated carbocycles. The minimum Gasteiger partial charge on any atom is -0.464 e. The van der Waals surface area contributed by atoms with E-state index in [4.69, 9.17) is 29.8 Å². The van der Waals surface area contributed by atoms with Crippen molar-refractivity contribution < 1.29 is 36.7 Å². The van der Waals surface area contributed by atoms with Gasteiger partial charge in [-0.15, -0.1) is 0 Å². The van der Waals surface area contributed by atoms with Crippen LogP contribution in [0.4, 0.5) is 8.78 Å². The van der Waals surface area contributed by atoms with Crippen molar-refractivity contribution in [3.8, 4) is 0 Å². The third kappa shape index (κ3) is 4.95. The van der Waals surface area contributed by atoms with Gasteiger partial charge in [-0.3, -0.25) is 11.5 Å². The summed E-state index contributed by atoms with van der Waals surface area (Å²) in [5, 5.41) is 1.06. The minimum absolute atomic E-state index is 0.360. The van der Waals surface area contributed by atoms with Crippen molar-refractivity contribution in [1.29, 1.82) is 0 Å². The average molecular weight is 500 g/mol. The number of hydrogen-bond donors (Lipinski definition) is 2. The third-order valence-corrected chi connectivity index (χ3v) is 6.21. The molecule has 0 amide bonds. The van der Waals surface area contributed by atoms with Crippen LogP contribution in [0.3, 0.4) is 0 Å². The van der Waals surface area contributed by atoms with Crippen LogP contribution in [0.1, 0.15) is 49.7 Å². The fourth-order valence-electron chi connectivity index (χ4n) is 4.46. The maximum absolute atomic E-state index is 14.1. The molecule has 4 unspecified atom stereocenters. The Morgan fingerprint density at radius 1 is 0.778 bits per heavy atom. The molecule has 36 heavy (non-hydrogen) atoms. The summed E-state index contributed by atoms with van der Waals surface area (Å²) >= 11 is 0. The largest absolute Gasteiger partial charge is 0.464 e. The predicted octanol–water partition coefficient (Wildman–Crippen LogP) is 4.80. The van der Waals surface area contributed by atoms with Crippen molar-refractivity contribution in [2.45, 2.75) is 51.0 Å². The second kappa shape index (κ2) is 10.5. The van der Waals surface area contributed by atoms with Crippen molar-refractivity contribution in [3.05, 3.63) is 71.7 Å². The molecule has 0 saturated heterocycles. The number of rotatable bonds is 8. The molecule has 4 atom stereocenters. The van der Waals surface area contributed by atoms with E-state index in [-0.39, 0.29) is 0 Å².